The minimum atomic E-state index is 0.508. The van der Waals surface area contributed by atoms with Crippen molar-refractivity contribution < 1.29 is 5.11 Å². The maximum Gasteiger partial charge on any atom is 0.0928 e. The molecule has 1 nitrogen and oxygen atoms in total. The Balaban J connectivity index is 2.74. The van der Waals surface area contributed by atoms with Gasteiger partial charge in [-0.2, -0.15) is 0 Å². The Morgan fingerprint density at radius 2 is 2.22 bits per heavy atom. The van der Waals surface area contributed by atoms with Gasteiger partial charge < -0.3 is 5.11 Å². The lowest BCUT2D eigenvalue weighted by Gasteiger charge is -2.14. The van der Waals surface area contributed by atoms with E-state index in [4.69, 9.17) is 5.11 Å². The number of hydrogen-bond donors (Lipinski definition) is 1. The molecule has 0 saturated carbocycles. The summed E-state index contributed by atoms with van der Waals surface area (Å²) in [6, 6.07) is 0. The molecule has 0 unspecified atom stereocenters. The summed E-state index contributed by atoms with van der Waals surface area (Å²) in [6.07, 6.45) is 4.56. The molecule has 0 heterocycles. The minimum Gasteiger partial charge on any atom is -0.512 e. The summed E-state index contributed by atoms with van der Waals surface area (Å²) < 4.78 is 0. The van der Waals surface area contributed by atoms with Crippen molar-refractivity contribution in [2.45, 2.75) is 20.3 Å². The van der Waals surface area contributed by atoms with E-state index in [9.17, 15) is 0 Å². The molecule has 0 spiro atoms. The van der Waals surface area contributed by atoms with Gasteiger partial charge in [0, 0.05) is 6.42 Å². The predicted octanol–water partition coefficient (Wildman–Crippen LogP) is 2.41. The van der Waals surface area contributed by atoms with Gasteiger partial charge in [0.05, 0.1) is 5.76 Å². The Bertz CT molecular complexity index is 165. The molecule has 0 fully saturated rings. The first kappa shape index (κ1) is 6.40. The molecule has 1 atom stereocenters. The molecule has 1 aliphatic rings. The van der Waals surface area contributed by atoms with Crippen LogP contribution < -0.4 is 0 Å². The fraction of sp³-hybridized carbons (Fsp3) is 0.500. The quantitative estimate of drug-likeness (QED) is 0.525. The van der Waals surface area contributed by atoms with E-state index in [1.165, 1.54) is 5.57 Å². The van der Waals surface area contributed by atoms with Crippen molar-refractivity contribution in [1.82, 2.24) is 0 Å². The van der Waals surface area contributed by atoms with Gasteiger partial charge in [-0.1, -0.05) is 18.6 Å². The Hall–Kier alpha value is -0.720. The van der Waals surface area contributed by atoms with E-state index in [1.54, 1.807) is 6.08 Å². The summed E-state index contributed by atoms with van der Waals surface area (Å²) >= 11 is 0. The second kappa shape index (κ2) is 2.26. The van der Waals surface area contributed by atoms with E-state index >= 15 is 0 Å². The van der Waals surface area contributed by atoms with Gasteiger partial charge in [-0.15, -0.1) is 0 Å². The lowest BCUT2D eigenvalue weighted by atomic mass is 9.94. The normalized spacial score (nSPS) is 27.1. The number of rotatable bonds is 0. The van der Waals surface area contributed by atoms with E-state index in [0.29, 0.717) is 11.7 Å². The van der Waals surface area contributed by atoms with Crippen molar-refractivity contribution in [3.8, 4) is 0 Å². The zero-order chi connectivity index (χ0) is 6.85. The van der Waals surface area contributed by atoms with Crippen LogP contribution >= 0.6 is 0 Å². The lowest BCUT2D eigenvalue weighted by molar-refractivity contribution is 0.365. The van der Waals surface area contributed by atoms with Crippen LogP contribution in [0.25, 0.3) is 0 Å². The summed E-state index contributed by atoms with van der Waals surface area (Å²) in [7, 11) is 0. The third-order valence-corrected chi connectivity index (χ3v) is 1.83. The third-order valence-electron chi connectivity index (χ3n) is 1.83. The molecule has 0 aromatic carbocycles. The minimum absolute atomic E-state index is 0.508. The molecule has 0 aliphatic heterocycles. The summed E-state index contributed by atoms with van der Waals surface area (Å²) in [6.45, 7) is 4.21. The molecule has 1 heteroatoms. The van der Waals surface area contributed by atoms with Gasteiger partial charge in [0.1, 0.15) is 0 Å². The standard InChI is InChI=1S/C8H12O/c1-6-3-4-8(9)5-7(6)2/h3-4,7,9H,5H2,1-2H3/t7-/m0/s1. The summed E-state index contributed by atoms with van der Waals surface area (Å²) in [5.41, 5.74) is 1.35. The highest BCUT2D eigenvalue weighted by Crippen LogP contribution is 2.21. The van der Waals surface area contributed by atoms with Crippen molar-refractivity contribution in [3.05, 3.63) is 23.5 Å². The van der Waals surface area contributed by atoms with Crippen LogP contribution in [0.15, 0.2) is 23.5 Å². The van der Waals surface area contributed by atoms with Crippen LogP contribution in [0.2, 0.25) is 0 Å². The van der Waals surface area contributed by atoms with Gasteiger partial charge in [0.2, 0.25) is 0 Å². The molecular weight excluding hydrogens is 112 g/mol. The fourth-order valence-corrected chi connectivity index (χ4v) is 0.935. The number of aliphatic hydroxyl groups is 1. The van der Waals surface area contributed by atoms with Crippen molar-refractivity contribution >= 4 is 0 Å². The van der Waals surface area contributed by atoms with E-state index in [-0.39, 0.29) is 0 Å². The van der Waals surface area contributed by atoms with Crippen LogP contribution in [-0.4, -0.2) is 5.11 Å². The van der Waals surface area contributed by atoms with Gasteiger partial charge in [-0.05, 0) is 18.9 Å². The zero-order valence-corrected chi connectivity index (χ0v) is 5.89. The molecule has 50 valence electrons. The summed E-state index contributed by atoms with van der Waals surface area (Å²) in [5, 5.41) is 9.01. The maximum absolute atomic E-state index is 9.01. The highest BCUT2D eigenvalue weighted by molar-refractivity contribution is 5.20. The van der Waals surface area contributed by atoms with E-state index in [2.05, 4.69) is 13.8 Å². The SMILES string of the molecule is CC1=CC=C(O)C[C@@H]1C. The van der Waals surface area contributed by atoms with Crippen LogP contribution in [0.3, 0.4) is 0 Å². The van der Waals surface area contributed by atoms with Crippen molar-refractivity contribution in [3.63, 3.8) is 0 Å². The van der Waals surface area contributed by atoms with E-state index in [1.807, 2.05) is 6.08 Å². The molecule has 9 heavy (non-hydrogen) atoms. The molecule has 0 aromatic heterocycles. The molecule has 1 rings (SSSR count). The number of aliphatic hydroxyl groups excluding tert-OH is 1. The number of hydrogen-bond acceptors (Lipinski definition) is 1. The molecule has 0 aromatic rings. The highest BCUT2D eigenvalue weighted by atomic mass is 16.3. The highest BCUT2D eigenvalue weighted by Gasteiger charge is 2.09. The first-order valence-electron chi connectivity index (χ1n) is 3.26. The molecule has 0 saturated heterocycles. The summed E-state index contributed by atoms with van der Waals surface area (Å²) in [5.74, 6) is 1.03. The first-order valence-corrected chi connectivity index (χ1v) is 3.26. The lowest BCUT2D eigenvalue weighted by Crippen LogP contribution is -2.01. The van der Waals surface area contributed by atoms with Gasteiger partial charge in [0.15, 0.2) is 0 Å². The average molecular weight is 124 g/mol. The smallest absolute Gasteiger partial charge is 0.0928 e. The molecule has 0 radical (unpaired) electrons. The van der Waals surface area contributed by atoms with E-state index < -0.39 is 0 Å². The maximum atomic E-state index is 9.01. The predicted molar refractivity (Wildman–Crippen MR) is 38.2 cm³/mol. The van der Waals surface area contributed by atoms with Gasteiger partial charge in [0.25, 0.3) is 0 Å². The van der Waals surface area contributed by atoms with E-state index in [0.717, 1.165) is 6.42 Å². The fourth-order valence-electron chi connectivity index (χ4n) is 0.935. The second-order valence-electron chi connectivity index (χ2n) is 2.67. The Morgan fingerprint density at radius 3 is 2.67 bits per heavy atom. The topological polar surface area (TPSA) is 20.2 Å². The third kappa shape index (κ3) is 1.35. The Labute approximate surface area is 55.7 Å². The first-order chi connectivity index (χ1) is 4.20. The molecular formula is C8H12O. The largest absolute Gasteiger partial charge is 0.512 e. The zero-order valence-electron chi connectivity index (χ0n) is 5.89. The van der Waals surface area contributed by atoms with Crippen molar-refractivity contribution in [2.75, 3.05) is 0 Å². The second-order valence-corrected chi connectivity index (χ2v) is 2.67. The van der Waals surface area contributed by atoms with Gasteiger partial charge >= 0.3 is 0 Å². The molecule has 1 N–H and O–H groups in total. The van der Waals surface area contributed by atoms with Crippen molar-refractivity contribution in [2.24, 2.45) is 5.92 Å². The Morgan fingerprint density at radius 1 is 1.56 bits per heavy atom. The summed E-state index contributed by atoms with van der Waals surface area (Å²) in [4.78, 5) is 0. The van der Waals surface area contributed by atoms with Crippen LogP contribution in [0.1, 0.15) is 20.3 Å². The molecule has 0 bridgehead atoms. The Kier molecular flexibility index (Phi) is 1.60. The van der Waals surface area contributed by atoms with Crippen LogP contribution in [0, 0.1) is 5.92 Å². The van der Waals surface area contributed by atoms with Gasteiger partial charge in [-0.3, -0.25) is 0 Å². The van der Waals surface area contributed by atoms with Crippen LogP contribution in [0.4, 0.5) is 0 Å². The van der Waals surface area contributed by atoms with Crippen molar-refractivity contribution in [1.29, 1.82) is 0 Å². The van der Waals surface area contributed by atoms with Crippen LogP contribution in [-0.2, 0) is 0 Å². The average Bonchev–Trinajstić information content (AvgIpc) is 1.80. The molecule has 0 amide bonds. The van der Waals surface area contributed by atoms with Crippen LogP contribution in [0.5, 0.6) is 0 Å². The number of allylic oxidation sites excluding steroid dienone is 4. The monoisotopic (exact) mass is 124 g/mol. The van der Waals surface area contributed by atoms with Gasteiger partial charge in [-0.25, -0.2) is 0 Å². The molecule has 1 aliphatic carbocycles.